The van der Waals surface area contributed by atoms with Crippen LogP contribution in [0, 0.1) is 5.92 Å². The fourth-order valence-corrected chi connectivity index (χ4v) is 2.71. The Bertz CT molecular complexity index is 315. The molecule has 1 rings (SSSR count). The van der Waals surface area contributed by atoms with Crippen molar-refractivity contribution < 1.29 is 17.9 Å². The summed E-state index contributed by atoms with van der Waals surface area (Å²) in [5.41, 5.74) is 0. The summed E-state index contributed by atoms with van der Waals surface area (Å²) in [6.45, 7) is 2.95. The Labute approximate surface area is 97.3 Å². The number of carbonyl (C=O) groups is 1. The Balaban J connectivity index is 2.24. The molecule has 0 radical (unpaired) electrons. The first-order valence-electron chi connectivity index (χ1n) is 5.86. The second-order valence-corrected chi connectivity index (χ2v) is 6.67. The van der Waals surface area contributed by atoms with Crippen molar-refractivity contribution in [3.8, 4) is 0 Å². The number of ether oxygens (including phenoxy) is 1. The number of sulfone groups is 1. The van der Waals surface area contributed by atoms with Crippen LogP contribution in [0.4, 0.5) is 0 Å². The van der Waals surface area contributed by atoms with Crippen LogP contribution in [0.15, 0.2) is 0 Å². The topological polar surface area (TPSA) is 60.4 Å². The first-order chi connectivity index (χ1) is 7.55. The molecule has 1 aliphatic heterocycles. The standard InChI is InChI=1S/C11H20O4S/c1-2-16(13,14)9-3-4-11(12)10-5-7-15-8-6-10/h10H,2-9H2,1H3. The van der Waals surface area contributed by atoms with Crippen LogP contribution in [-0.4, -0.2) is 38.9 Å². The lowest BCUT2D eigenvalue weighted by molar-refractivity contribution is -0.125. The molecule has 0 amide bonds. The summed E-state index contributed by atoms with van der Waals surface area (Å²) in [5, 5.41) is 0. The van der Waals surface area contributed by atoms with E-state index in [2.05, 4.69) is 0 Å². The van der Waals surface area contributed by atoms with Gasteiger partial charge < -0.3 is 4.74 Å². The van der Waals surface area contributed by atoms with Crippen molar-refractivity contribution in [2.75, 3.05) is 24.7 Å². The summed E-state index contributed by atoms with van der Waals surface area (Å²) in [7, 11) is -2.92. The monoisotopic (exact) mass is 248 g/mol. The summed E-state index contributed by atoms with van der Waals surface area (Å²) in [5.74, 6) is 0.601. The molecule has 0 aromatic heterocycles. The molecule has 0 N–H and O–H groups in total. The normalized spacial score (nSPS) is 18.6. The van der Waals surface area contributed by atoms with Crippen LogP contribution >= 0.6 is 0 Å². The quantitative estimate of drug-likeness (QED) is 0.708. The van der Waals surface area contributed by atoms with E-state index in [1.807, 2.05) is 0 Å². The minimum atomic E-state index is -2.92. The highest BCUT2D eigenvalue weighted by molar-refractivity contribution is 7.91. The summed E-state index contributed by atoms with van der Waals surface area (Å²) in [6, 6.07) is 0. The minimum Gasteiger partial charge on any atom is -0.381 e. The van der Waals surface area contributed by atoms with E-state index < -0.39 is 9.84 Å². The van der Waals surface area contributed by atoms with Gasteiger partial charge >= 0.3 is 0 Å². The Hall–Kier alpha value is -0.420. The molecule has 0 saturated carbocycles. The van der Waals surface area contributed by atoms with E-state index >= 15 is 0 Å². The van der Waals surface area contributed by atoms with Crippen LogP contribution in [0.5, 0.6) is 0 Å². The van der Waals surface area contributed by atoms with Crippen molar-refractivity contribution >= 4 is 15.6 Å². The molecule has 4 nitrogen and oxygen atoms in total. The van der Waals surface area contributed by atoms with Crippen LogP contribution in [0.2, 0.25) is 0 Å². The third kappa shape index (κ3) is 4.61. The number of hydrogen-bond donors (Lipinski definition) is 0. The highest BCUT2D eigenvalue weighted by Crippen LogP contribution is 2.18. The fraction of sp³-hybridized carbons (Fsp3) is 0.909. The Morgan fingerprint density at radius 3 is 2.50 bits per heavy atom. The SMILES string of the molecule is CCS(=O)(=O)CCCC(=O)C1CCOCC1. The van der Waals surface area contributed by atoms with Gasteiger partial charge in [-0.05, 0) is 19.3 Å². The maximum Gasteiger partial charge on any atom is 0.150 e. The molecule has 0 aromatic carbocycles. The molecule has 1 saturated heterocycles. The third-order valence-corrected chi connectivity index (χ3v) is 4.79. The number of ketones is 1. The van der Waals surface area contributed by atoms with Crippen molar-refractivity contribution in [3.63, 3.8) is 0 Å². The van der Waals surface area contributed by atoms with E-state index in [9.17, 15) is 13.2 Å². The maximum absolute atomic E-state index is 11.7. The second-order valence-electron chi connectivity index (χ2n) is 4.19. The van der Waals surface area contributed by atoms with Crippen molar-refractivity contribution in [1.29, 1.82) is 0 Å². The zero-order chi connectivity index (χ0) is 12.0. The van der Waals surface area contributed by atoms with Crippen molar-refractivity contribution in [3.05, 3.63) is 0 Å². The number of Topliss-reactive ketones (excluding diaryl/α,β-unsaturated/α-hetero) is 1. The highest BCUT2D eigenvalue weighted by atomic mass is 32.2. The van der Waals surface area contributed by atoms with Crippen molar-refractivity contribution in [2.45, 2.75) is 32.6 Å². The first kappa shape index (κ1) is 13.6. The zero-order valence-corrected chi connectivity index (χ0v) is 10.6. The minimum absolute atomic E-state index is 0.0954. The predicted octanol–water partition coefficient (Wildman–Crippen LogP) is 1.20. The lowest BCUT2D eigenvalue weighted by Crippen LogP contribution is -2.23. The summed E-state index contributed by atoms with van der Waals surface area (Å²) in [6.07, 6.45) is 2.44. The highest BCUT2D eigenvalue weighted by Gasteiger charge is 2.21. The molecule has 0 atom stereocenters. The molecule has 16 heavy (non-hydrogen) atoms. The van der Waals surface area contributed by atoms with Crippen LogP contribution in [0.3, 0.4) is 0 Å². The molecule has 1 aliphatic rings. The molecular weight excluding hydrogens is 228 g/mol. The fourth-order valence-electron chi connectivity index (χ4n) is 1.83. The van der Waals surface area contributed by atoms with E-state index in [0.717, 1.165) is 12.8 Å². The van der Waals surface area contributed by atoms with E-state index in [1.54, 1.807) is 6.92 Å². The smallest absolute Gasteiger partial charge is 0.150 e. The number of hydrogen-bond acceptors (Lipinski definition) is 4. The van der Waals surface area contributed by atoms with Gasteiger partial charge in [0.2, 0.25) is 0 Å². The Morgan fingerprint density at radius 2 is 1.94 bits per heavy atom. The summed E-state index contributed by atoms with van der Waals surface area (Å²) >= 11 is 0. The van der Waals surface area contributed by atoms with E-state index in [-0.39, 0.29) is 23.2 Å². The molecule has 1 heterocycles. The molecule has 0 aliphatic carbocycles. The van der Waals surface area contributed by atoms with Gasteiger partial charge in [-0.2, -0.15) is 0 Å². The lowest BCUT2D eigenvalue weighted by Gasteiger charge is -2.20. The lowest BCUT2D eigenvalue weighted by atomic mass is 9.93. The van der Waals surface area contributed by atoms with Crippen LogP contribution in [0.25, 0.3) is 0 Å². The molecular formula is C11H20O4S. The average Bonchev–Trinajstić information content (AvgIpc) is 2.30. The Kier molecular flexibility index (Phi) is 5.41. The molecule has 5 heteroatoms. The van der Waals surface area contributed by atoms with Gasteiger partial charge in [0, 0.05) is 31.3 Å². The van der Waals surface area contributed by atoms with Gasteiger partial charge in [0.1, 0.15) is 15.6 Å². The zero-order valence-electron chi connectivity index (χ0n) is 9.78. The van der Waals surface area contributed by atoms with Gasteiger partial charge in [0.15, 0.2) is 0 Å². The predicted molar refractivity (Wildman–Crippen MR) is 62.1 cm³/mol. The average molecular weight is 248 g/mol. The number of carbonyl (C=O) groups excluding carboxylic acids is 1. The van der Waals surface area contributed by atoms with Gasteiger partial charge in [-0.1, -0.05) is 6.92 Å². The van der Waals surface area contributed by atoms with Gasteiger partial charge in [0.25, 0.3) is 0 Å². The summed E-state index contributed by atoms with van der Waals surface area (Å²) < 4.78 is 27.6. The molecule has 94 valence electrons. The molecule has 1 fully saturated rings. The van der Waals surface area contributed by atoms with E-state index in [1.165, 1.54) is 0 Å². The van der Waals surface area contributed by atoms with Crippen LogP contribution < -0.4 is 0 Å². The summed E-state index contributed by atoms with van der Waals surface area (Å²) in [4.78, 5) is 11.7. The van der Waals surface area contributed by atoms with Gasteiger partial charge in [0.05, 0.1) is 5.75 Å². The van der Waals surface area contributed by atoms with Gasteiger partial charge in [-0.25, -0.2) is 8.42 Å². The second kappa shape index (κ2) is 6.35. The third-order valence-electron chi connectivity index (χ3n) is 2.99. The van der Waals surface area contributed by atoms with E-state index in [4.69, 9.17) is 4.74 Å². The molecule has 0 spiro atoms. The first-order valence-corrected chi connectivity index (χ1v) is 7.68. The van der Waals surface area contributed by atoms with Crippen molar-refractivity contribution in [1.82, 2.24) is 0 Å². The van der Waals surface area contributed by atoms with Crippen LogP contribution in [0.1, 0.15) is 32.6 Å². The largest absolute Gasteiger partial charge is 0.381 e. The maximum atomic E-state index is 11.7. The Morgan fingerprint density at radius 1 is 1.31 bits per heavy atom. The van der Waals surface area contributed by atoms with Crippen LogP contribution in [-0.2, 0) is 19.4 Å². The molecule has 0 bridgehead atoms. The van der Waals surface area contributed by atoms with Gasteiger partial charge in [-0.3, -0.25) is 4.79 Å². The molecule has 0 unspecified atom stereocenters. The van der Waals surface area contributed by atoms with E-state index in [0.29, 0.717) is 26.1 Å². The van der Waals surface area contributed by atoms with Gasteiger partial charge in [-0.15, -0.1) is 0 Å². The van der Waals surface area contributed by atoms with Crippen molar-refractivity contribution in [2.24, 2.45) is 5.92 Å². The number of rotatable bonds is 6. The molecule has 0 aromatic rings.